The van der Waals surface area contributed by atoms with Crippen molar-refractivity contribution in [2.24, 2.45) is 0 Å². The highest BCUT2D eigenvalue weighted by atomic mass is 32.2. The second-order valence-electron chi connectivity index (χ2n) is 6.47. The maximum Gasteiger partial charge on any atom is 0.208 e. The van der Waals surface area contributed by atoms with Crippen molar-refractivity contribution >= 4 is 23.1 Å². The third-order valence-corrected chi connectivity index (χ3v) is 6.29. The van der Waals surface area contributed by atoms with Crippen LogP contribution in [0.1, 0.15) is 54.8 Å². The fourth-order valence-corrected chi connectivity index (χ4v) is 4.26. The van der Waals surface area contributed by atoms with Gasteiger partial charge in [0.1, 0.15) is 10.8 Å². The van der Waals surface area contributed by atoms with Crippen molar-refractivity contribution in [3.8, 4) is 10.6 Å². The molecule has 4 nitrogen and oxygen atoms in total. The van der Waals surface area contributed by atoms with Crippen LogP contribution >= 0.6 is 23.1 Å². The average molecular weight is 357 g/mol. The Hall–Kier alpha value is -1.66. The molecule has 1 fully saturated rings. The number of rotatable bonds is 6. The van der Waals surface area contributed by atoms with Crippen molar-refractivity contribution in [3.63, 3.8) is 0 Å². The zero-order valence-corrected chi connectivity index (χ0v) is 15.5. The first-order valence-electron chi connectivity index (χ1n) is 8.29. The average Bonchev–Trinajstić information content (AvgIpc) is 3.15. The van der Waals surface area contributed by atoms with Crippen molar-refractivity contribution in [3.05, 3.63) is 46.7 Å². The molecule has 1 N–H and O–H groups in total. The Balaban J connectivity index is 1.40. The first kappa shape index (κ1) is 15.8. The van der Waals surface area contributed by atoms with Crippen LogP contribution in [0.3, 0.4) is 0 Å². The van der Waals surface area contributed by atoms with Gasteiger partial charge in [0, 0.05) is 28.3 Å². The predicted molar refractivity (Wildman–Crippen MR) is 99.6 cm³/mol. The number of aromatic nitrogens is 4. The van der Waals surface area contributed by atoms with E-state index in [1.165, 1.54) is 28.8 Å². The van der Waals surface area contributed by atoms with Crippen molar-refractivity contribution in [1.82, 2.24) is 20.2 Å². The van der Waals surface area contributed by atoms with Crippen LogP contribution in [0.5, 0.6) is 0 Å². The van der Waals surface area contributed by atoms with Crippen LogP contribution in [-0.2, 0) is 5.75 Å². The van der Waals surface area contributed by atoms with E-state index >= 15 is 0 Å². The molecule has 6 heteroatoms. The minimum Gasteiger partial charge on any atom is -0.262 e. The predicted octanol–water partition coefficient (Wildman–Crippen LogP) is 5.22. The van der Waals surface area contributed by atoms with Crippen molar-refractivity contribution in [2.45, 2.75) is 49.4 Å². The fraction of sp³-hybridized carbons (Fsp3) is 0.389. The van der Waals surface area contributed by atoms with Crippen LogP contribution in [-0.4, -0.2) is 20.2 Å². The van der Waals surface area contributed by atoms with Crippen molar-refractivity contribution in [2.75, 3.05) is 0 Å². The lowest BCUT2D eigenvalue weighted by molar-refractivity contribution is 0.867. The summed E-state index contributed by atoms with van der Waals surface area (Å²) < 4.78 is 0. The van der Waals surface area contributed by atoms with Gasteiger partial charge in [-0.15, -0.1) is 16.4 Å². The molecule has 0 unspecified atom stereocenters. The number of aromatic amines is 1. The van der Waals surface area contributed by atoms with E-state index in [0.29, 0.717) is 11.8 Å². The quantitative estimate of drug-likeness (QED) is 0.615. The molecule has 0 aliphatic heterocycles. The Labute approximate surface area is 150 Å². The molecule has 3 aromatic rings. The van der Waals surface area contributed by atoms with Gasteiger partial charge in [0.15, 0.2) is 0 Å². The zero-order chi connectivity index (χ0) is 16.5. The summed E-state index contributed by atoms with van der Waals surface area (Å²) in [5, 5.41) is 9.27. The minimum absolute atomic E-state index is 0.559. The SMILES string of the molecule is CC(C)c1ccc(-c2ncc(CSc3n[nH]c(C4CC4)n3)s2)cc1. The van der Waals surface area contributed by atoms with E-state index in [1.807, 2.05) is 6.20 Å². The summed E-state index contributed by atoms with van der Waals surface area (Å²) >= 11 is 3.42. The Morgan fingerprint density at radius 2 is 2.04 bits per heavy atom. The molecule has 0 radical (unpaired) electrons. The molecule has 4 rings (SSSR count). The highest BCUT2D eigenvalue weighted by Crippen LogP contribution is 2.38. The maximum atomic E-state index is 4.57. The number of nitrogens with zero attached hydrogens (tertiary/aromatic N) is 3. The van der Waals surface area contributed by atoms with E-state index in [9.17, 15) is 0 Å². The smallest absolute Gasteiger partial charge is 0.208 e. The normalized spacial score (nSPS) is 14.5. The van der Waals surface area contributed by atoms with Gasteiger partial charge in [-0.05, 0) is 24.3 Å². The molecule has 1 aliphatic carbocycles. The van der Waals surface area contributed by atoms with E-state index < -0.39 is 0 Å². The molecule has 2 aromatic heterocycles. The molecule has 2 heterocycles. The molecule has 0 atom stereocenters. The van der Waals surface area contributed by atoms with Crippen LogP contribution in [0, 0.1) is 0 Å². The van der Waals surface area contributed by atoms with Gasteiger partial charge in [-0.3, -0.25) is 5.10 Å². The number of hydrogen-bond donors (Lipinski definition) is 1. The summed E-state index contributed by atoms with van der Waals surface area (Å²) in [6.45, 7) is 4.43. The third kappa shape index (κ3) is 3.54. The lowest BCUT2D eigenvalue weighted by atomic mass is 10.0. The van der Waals surface area contributed by atoms with Gasteiger partial charge in [0.05, 0.1) is 0 Å². The second-order valence-corrected chi connectivity index (χ2v) is 8.53. The van der Waals surface area contributed by atoms with Crippen LogP contribution < -0.4 is 0 Å². The number of H-pyrrole nitrogens is 1. The number of thiazole rings is 1. The summed E-state index contributed by atoms with van der Waals surface area (Å²) in [4.78, 5) is 10.4. The summed E-state index contributed by atoms with van der Waals surface area (Å²) in [5.41, 5.74) is 2.55. The molecule has 1 saturated carbocycles. The number of thioether (sulfide) groups is 1. The fourth-order valence-electron chi connectivity index (χ4n) is 2.52. The van der Waals surface area contributed by atoms with Crippen molar-refractivity contribution in [1.29, 1.82) is 0 Å². The molecular weight excluding hydrogens is 336 g/mol. The Kier molecular flexibility index (Phi) is 4.41. The lowest BCUT2D eigenvalue weighted by Gasteiger charge is -2.05. The highest BCUT2D eigenvalue weighted by molar-refractivity contribution is 7.98. The summed E-state index contributed by atoms with van der Waals surface area (Å²) in [6.07, 6.45) is 4.46. The number of hydrogen-bond acceptors (Lipinski definition) is 5. The van der Waals surface area contributed by atoms with E-state index in [1.54, 1.807) is 23.1 Å². The Morgan fingerprint density at radius 1 is 1.25 bits per heavy atom. The monoisotopic (exact) mass is 356 g/mol. The minimum atomic E-state index is 0.559. The van der Waals surface area contributed by atoms with Gasteiger partial charge < -0.3 is 0 Å². The third-order valence-electron chi connectivity index (χ3n) is 4.17. The molecule has 0 spiro atoms. The topological polar surface area (TPSA) is 54.5 Å². The Bertz CT molecular complexity index is 816. The molecule has 24 heavy (non-hydrogen) atoms. The van der Waals surface area contributed by atoms with Crippen LogP contribution in [0.25, 0.3) is 10.6 Å². The second kappa shape index (κ2) is 6.69. The molecule has 0 saturated heterocycles. The molecule has 0 amide bonds. The van der Waals surface area contributed by atoms with Crippen LogP contribution in [0.2, 0.25) is 0 Å². The van der Waals surface area contributed by atoms with Gasteiger partial charge in [0.2, 0.25) is 5.16 Å². The van der Waals surface area contributed by atoms with E-state index in [4.69, 9.17) is 0 Å². The van der Waals surface area contributed by atoms with Crippen molar-refractivity contribution < 1.29 is 0 Å². The molecule has 124 valence electrons. The summed E-state index contributed by atoms with van der Waals surface area (Å²) in [7, 11) is 0. The molecular formula is C18H20N4S2. The largest absolute Gasteiger partial charge is 0.262 e. The van der Waals surface area contributed by atoms with Gasteiger partial charge in [0.25, 0.3) is 0 Å². The Morgan fingerprint density at radius 3 is 2.75 bits per heavy atom. The number of nitrogens with one attached hydrogen (secondary N) is 1. The van der Waals surface area contributed by atoms with Crippen LogP contribution in [0.4, 0.5) is 0 Å². The first-order valence-corrected chi connectivity index (χ1v) is 10.1. The first-order chi connectivity index (χ1) is 11.7. The van der Waals surface area contributed by atoms with E-state index in [0.717, 1.165) is 21.7 Å². The molecule has 1 aromatic carbocycles. The van der Waals surface area contributed by atoms with Gasteiger partial charge in [-0.25, -0.2) is 9.97 Å². The van der Waals surface area contributed by atoms with E-state index in [2.05, 4.69) is 58.3 Å². The molecule has 0 bridgehead atoms. The summed E-state index contributed by atoms with van der Waals surface area (Å²) in [6, 6.07) is 8.73. The molecule has 1 aliphatic rings. The maximum absolute atomic E-state index is 4.57. The zero-order valence-electron chi connectivity index (χ0n) is 13.8. The number of benzene rings is 1. The van der Waals surface area contributed by atoms with E-state index in [-0.39, 0.29) is 0 Å². The highest BCUT2D eigenvalue weighted by Gasteiger charge is 2.27. The van der Waals surface area contributed by atoms with Gasteiger partial charge in [-0.1, -0.05) is 49.9 Å². The standard InChI is InChI=1S/C18H20N4S2/c1-11(2)12-3-7-14(8-4-12)17-19-9-15(24-17)10-23-18-20-16(21-22-18)13-5-6-13/h3-4,7-9,11,13H,5-6,10H2,1-2H3,(H,20,21,22). The van der Waals surface area contributed by atoms with Crippen LogP contribution in [0.15, 0.2) is 35.6 Å². The van der Waals surface area contributed by atoms with Gasteiger partial charge in [-0.2, -0.15) is 0 Å². The summed E-state index contributed by atoms with van der Waals surface area (Å²) in [5.74, 6) is 3.09. The van der Waals surface area contributed by atoms with Gasteiger partial charge >= 0.3 is 0 Å². The lowest BCUT2D eigenvalue weighted by Crippen LogP contribution is -1.86.